The molecule has 8 aromatic carbocycles. The summed E-state index contributed by atoms with van der Waals surface area (Å²) in [7, 11) is 0. The lowest BCUT2D eigenvalue weighted by molar-refractivity contribution is 0.569. The number of hydrogen-bond donors (Lipinski definition) is 0. The van der Waals surface area contributed by atoms with Gasteiger partial charge in [0.25, 0.3) is 0 Å². The van der Waals surface area contributed by atoms with Gasteiger partial charge in [0, 0.05) is 33.4 Å². The number of fused-ring (bicyclic) bond motifs is 4. The van der Waals surface area contributed by atoms with E-state index in [1.165, 1.54) is 66.0 Å². The summed E-state index contributed by atoms with van der Waals surface area (Å²) in [6.45, 7) is 13.9. The molecule has 0 atom stereocenters. The summed E-state index contributed by atoms with van der Waals surface area (Å²) in [5.41, 5.74) is 14.5. The maximum atomic E-state index is 2.43. The predicted octanol–water partition coefficient (Wildman–Crippen LogP) is 15.3. The van der Waals surface area contributed by atoms with Gasteiger partial charge in [-0.2, -0.15) is 0 Å². The van der Waals surface area contributed by atoms with Gasteiger partial charge in [0.1, 0.15) is 0 Å². The standard InChI is InChI=1S/C54H48N2/c1-53(2,3)39-33-38(34-40(35-39)54(4,5)6)44-27-17-19-37-20-18-28-48(52(37)44)46-26-14-15-29-49(46)55(41-21-9-7-10-22-41)43-31-32-47-45-25-13-16-30-50(45)56(51(47)36-43)42-23-11-8-12-24-42/h7-36H,1-6H3. The highest BCUT2D eigenvalue weighted by Gasteiger charge is 2.24. The van der Waals surface area contributed by atoms with Gasteiger partial charge in [0.15, 0.2) is 0 Å². The first-order chi connectivity index (χ1) is 27.1. The average Bonchev–Trinajstić information content (AvgIpc) is 3.54. The molecule has 0 spiro atoms. The normalized spacial score (nSPS) is 12.1. The van der Waals surface area contributed by atoms with Crippen molar-refractivity contribution in [2.75, 3.05) is 4.90 Å². The zero-order valence-corrected chi connectivity index (χ0v) is 33.2. The summed E-state index contributed by atoms with van der Waals surface area (Å²) in [6.07, 6.45) is 0. The Kier molecular flexibility index (Phi) is 8.66. The van der Waals surface area contributed by atoms with E-state index in [-0.39, 0.29) is 10.8 Å². The van der Waals surface area contributed by atoms with Crippen LogP contribution in [0.4, 0.5) is 17.1 Å². The zero-order valence-electron chi connectivity index (χ0n) is 33.2. The molecule has 0 N–H and O–H groups in total. The highest BCUT2D eigenvalue weighted by Crippen LogP contribution is 2.46. The molecular formula is C54H48N2. The van der Waals surface area contributed by atoms with E-state index in [2.05, 4.69) is 233 Å². The Morgan fingerprint density at radius 2 is 0.982 bits per heavy atom. The van der Waals surface area contributed by atoms with Crippen molar-refractivity contribution >= 4 is 49.6 Å². The van der Waals surface area contributed by atoms with Gasteiger partial charge >= 0.3 is 0 Å². The van der Waals surface area contributed by atoms with Crippen LogP contribution in [-0.4, -0.2) is 4.57 Å². The van der Waals surface area contributed by atoms with Crippen LogP contribution in [0.25, 0.3) is 60.5 Å². The van der Waals surface area contributed by atoms with E-state index in [0.717, 1.165) is 22.7 Å². The van der Waals surface area contributed by atoms with Crippen molar-refractivity contribution in [1.29, 1.82) is 0 Å². The van der Waals surface area contributed by atoms with Crippen molar-refractivity contribution < 1.29 is 0 Å². The van der Waals surface area contributed by atoms with Crippen LogP contribution in [0, 0.1) is 0 Å². The van der Waals surface area contributed by atoms with Crippen molar-refractivity contribution in [1.82, 2.24) is 4.57 Å². The first-order valence-electron chi connectivity index (χ1n) is 19.8. The second kappa shape index (κ2) is 13.7. The topological polar surface area (TPSA) is 8.17 Å². The van der Waals surface area contributed by atoms with Crippen molar-refractivity contribution in [3.05, 3.63) is 193 Å². The molecule has 0 saturated carbocycles. The first kappa shape index (κ1) is 35.3. The molecular weight excluding hydrogens is 677 g/mol. The summed E-state index contributed by atoms with van der Waals surface area (Å²) in [5, 5.41) is 4.98. The number of hydrogen-bond acceptors (Lipinski definition) is 1. The lowest BCUT2D eigenvalue weighted by Gasteiger charge is -2.29. The molecule has 9 rings (SSSR count). The number of benzene rings is 8. The smallest absolute Gasteiger partial charge is 0.0561 e. The van der Waals surface area contributed by atoms with Crippen LogP contribution in [0.1, 0.15) is 52.7 Å². The second-order valence-electron chi connectivity index (χ2n) is 17.1. The summed E-state index contributed by atoms with van der Waals surface area (Å²) in [5.74, 6) is 0. The molecule has 0 saturated heterocycles. The van der Waals surface area contributed by atoms with Crippen LogP contribution in [0.5, 0.6) is 0 Å². The van der Waals surface area contributed by atoms with Crippen LogP contribution in [0.3, 0.4) is 0 Å². The molecule has 0 aliphatic rings. The molecule has 0 fully saturated rings. The third kappa shape index (κ3) is 6.26. The lowest BCUT2D eigenvalue weighted by atomic mass is 9.78. The number of anilines is 3. The summed E-state index contributed by atoms with van der Waals surface area (Å²) < 4.78 is 2.40. The molecule has 0 amide bonds. The minimum Gasteiger partial charge on any atom is -0.310 e. The second-order valence-corrected chi connectivity index (χ2v) is 17.1. The first-order valence-corrected chi connectivity index (χ1v) is 19.8. The zero-order chi connectivity index (χ0) is 38.6. The molecule has 1 heterocycles. The highest BCUT2D eigenvalue weighted by molar-refractivity contribution is 6.11. The Morgan fingerprint density at radius 3 is 1.68 bits per heavy atom. The van der Waals surface area contributed by atoms with Gasteiger partial charge < -0.3 is 9.47 Å². The minimum atomic E-state index is 0.0134. The van der Waals surface area contributed by atoms with Crippen molar-refractivity contribution in [3.63, 3.8) is 0 Å². The van der Waals surface area contributed by atoms with Gasteiger partial charge in [-0.15, -0.1) is 0 Å². The monoisotopic (exact) mass is 724 g/mol. The number of rotatable bonds is 6. The maximum Gasteiger partial charge on any atom is 0.0561 e. The van der Waals surface area contributed by atoms with Gasteiger partial charge in [0.05, 0.1) is 16.7 Å². The van der Waals surface area contributed by atoms with E-state index < -0.39 is 0 Å². The molecule has 274 valence electrons. The Balaban J connectivity index is 1.30. The minimum absolute atomic E-state index is 0.0134. The van der Waals surface area contributed by atoms with Gasteiger partial charge in [0.2, 0.25) is 0 Å². The van der Waals surface area contributed by atoms with E-state index in [4.69, 9.17) is 0 Å². The van der Waals surface area contributed by atoms with E-state index in [1.54, 1.807) is 0 Å². The Labute approximate surface area is 331 Å². The van der Waals surface area contributed by atoms with Crippen molar-refractivity contribution in [2.24, 2.45) is 0 Å². The largest absolute Gasteiger partial charge is 0.310 e. The van der Waals surface area contributed by atoms with E-state index >= 15 is 0 Å². The van der Waals surface area contributed by atoms with Gasteiger partial charge in [-0.25, -0.2) is 0 Å². The number of aromatic nitrogens is 1. The molecule has 2 nitrogen and oxygen atoms in total. The van der Waals surface area contributed by atoms with E-state index in [1.807, 2.05) is 0 Å². The number of nitrogens with zero attached hydrogens (tertiary/aromatic N) is 2. The maximum absolute atomic E-state index is 2.43. The number of para-hydroxylation sites is 4. The van der Waals surface area contributed by atoms with Gasteiger partial charge in [-0.1, -0.05) is 175 Å². The van der Waals surface area contributed by atoms with Crippen molar-refractivity contribution in [3.8, 4) is 27.9 Å². The lowest BCUT2D eigenvalue weighted by Crippen LogP contribution is -2.16. The average molecular weight is 725 g/mol. The quantitative estimate of drug-likeness (QED) is 0.166. The third-order valence-electron chi connectivity index (χ3n) is 11.3. The van der Waals surface area contributed by atoms with Crippen LogP contribution >= 0.6 is 0 Å². The summed E-state index contributed by atoms with van der Waals surface area (Å²) in [6, 6.07) is 66.9. The SMILES string of the molecule is CC(C)(C)c1cc(-c2cccc3cccc(-c4ccccc4N(c4ccccc4)c4ccc5c6ccccc6n(-c6ccccc6)c5c4)c23)cc(C(C)(C)C)c1. The fraction of sp³-hybridized carbons (Fsp3) is 0.148. The molecule has 9 aromatic rings. The summed E-state index contributed by atoms with van der Waals surface area (Å²) >= 11 is 0. The molecule has 1 aromatic heterocycles. The molecule has 56 heavy (non-hydrogen) atoms. The van der Waals surface area contributed by atoms with E-state index in [0.29, 0.717) is 0 Å². The summed E-state index contributed by atoms with van der Waals surface area (Å²) in [4.78, 5) is 2.43. The molecule has 0 unspecified atom stereocenters. The van der Waals surface area contributed by atoms with Crippen molar-refractivity contribution in [2.45, 2.75) is 52.4 Å². The van der Waals surface area contributed by atoms with Crippen LogP contribution in [-0.2, 0) is 10.8 Å². The van der Waals surface area contributed by atoms with Crippen LogP contribution in [0.2, 0.25) is 0 Å². The van der Waals surface area contributed by atoms with E-state index in [9.17, 15) is 0 Å². The Bertz CT molecular complexity index is 2830. The Hall–Kier alpha value is -6.38. The molecule has 0 aliphatic heterocycles. The predicted molar refractivity (Wildman–Crippen MR) is 241 cm³/mol. The fourth-order valence-corrected chi connectivity index (χ4v) is 8.31. The molecule has 2 heteroatoms. The van der Waals surface area contributed by atoms with Gasteiger partial charge in [-0.3, -0.25) is 0 Å². The highest BCUT2D eigenvalue weighted by atomic mass is 15.1. The van der Waals surface area contributed by atoms with Gasteiger partial charge in [-0.05, 0) is 98.0 Å². The van der Waals surface area contributed by atoms with Crippen LogP contribution < -0.4 is 4.90 Å². The van der Waals surface area contributed by atoms with Crippen LogP contribution in [0.15, 0.2) is 182 Å². The molecule has 0 bridgehead atoms. The third-order valence-corrected chi connectivity index (χ3v) is 11.3. The molecule has 0 radical (unpaired) electrons. The molecule has 0 aliphatic carbocycles. The fourth-order valence-electron chi connectivity index (χ4n) is 8.31. The Morgan fingerprint density at radius 1 is 0.411 bits per heavy atom.